The number of benzene rings is 1. The Morgan fingerprint density at radius 3 is 2.60 bits per heavy atom. The third-order valence-electron chi connectivity index (χ3n) is 3.32. The van der Waals surface area contributed by atoms with E-state index in [0.717, 1.165) is 18.8 Å². The largest absolute Gasteiger partial charge is 0.323 e. The van der Waals surface area contributed by atoms with Crippen molar-refractivity contribution in [2.45, 2.75) is 19.5 Å². The zero-order valence-corrected chi connectivity index (χ0v) is 11.7. The summed E-state index contributed by atoms with van der Waals surface area (Å²) in [4.78, 5) is 6.47. The second-order valence-corrected chi connectivity index (χ2v) is 4.78. The zero-order valence-electron chi connectivity index (χ0n) is 11.7. The Morgan fingerprint density at radius 1 is 1.20 bits per heavy atom. The molecule has 0 radical (unpaired) electrons. The molecule has 20 heavy (non-hydrogen) atoms. The van der Waals surface area contributed by atoms with Crippen LogP contribution < -0.4 is 5.73 Å². The summed E-state index contributed by atoms with van der Waals surface area (Å²) in [6, 6.07) is 12.2. The molecule has 0 saturated carbocycles. The first kappa shape index (κ1) is 14.6. The Bertz CT molecular complexity index is 530. The van der Waals surface area contributed by atoms with Gasteiger partial charge in [-0.3, -0.25) is 9.88 Å². The summed E-state index contributed by atoms with van der Waals surface area (Å²) in [6.45, 7) is 4.24. The van der Waals surface area contributed by atoms with E-state index in [-0.39, 0.29) is 11.9 Å². The van der Waals surface area contributed by atoms with Crippen LogP contribution in [0.3, 0.4) is 0 Å². The number of nitrogens with two attached hydrogens (primary N) is 1. The third-order valence-corrected chi connectivity index (χ3v) is 3.32. The van der Waals surface area contributed by atoms with Crippen LogP contribution in [0.5, 0.6) is 0 Å². The number of nitrogens with zero attached hydrogens (tertiary/aromatic N) is 2. The zero-order chi connectivity index (χ0) is 14.4. The molecule has 3 nitrogen and oxygen atoms in total. The highest BCUT2D eigenvalue weighted by molar-refractivity contribution is 5.21. The number of aromatic nitrogens is 1. The van der Waals surface area contributed by atoms with Crippen LogP contribution in [-0.4, -0.2) is 23.0 Å². The van der Waals surface area contributed by atoms with Crippen LogP contribution in [0.4, 0.5) is 4.39 Å². The van der Waals surface area contributed by atoms with Gasteiger partial charge in [-0.05, 0) is 24.7 Å². The number of halogens is 1. The highest BCUT2D eigenvalue weighted by Gasteiger charge is 2.14. The maximum Gasteiger partial charge on any atom is 0.128 e. The van der Waals surface area contributed by atoms with E-state index in [2.05, 4.69) is 16.8 Å². The molecule has 1 atom stereocenters. The fourth-order valence-electron chi connectivity index (χ4n) is 2.18. The predicted octanol–water partition coefficient (Wildman–Crippen LogP) is 2.74. The third kappa shape index (κ3) is 3.85. The minimum atomic E-state index is -0.333. The molecule has 0 aliphatic carbocycles. The van der Waals surface area contributed by atoms with E-state index in [9.17, 15) is 4.39 Å². The van der Waals surface area contributed by atoms with E-state index in [1.165, 1.54) is 6.07 Å². The van der Waals surface area contributed by atoms with Gasteiger partial charge in [-0.1, -0.05) is 31.2 Å². The lowest BCUT2D eigenvalue weighted by Crippen LogP contribution is -2.32. The van der Waals surface area contributed by atoms with Crippen LogP contribution in [0.2, 0.25) is 0 Å². The maximum absolute atomic E-state index is 13.7. The summed E-state index contributed by atoms with van der Waals surface area (Å²) >= 11 is 0. The molecule has 1 aromatic heterocycles. The van der Waals surface area contributed by atoms with Crippen molar-refractivity contribution >= 4 is 0 Å². The molecule has 1 heterocycles. The first-order valence-corrected chi connectivity index (χ1v) is 6.83. The highest BCUT2D eigenvalue weighted by atomic mass is 19.1. The molecule has 106 valence electrons. The molecule has 0 aliphatic heterocycles. The molecule has 1 aromatic carbocycles. The second-order valence-electron chi connectivity index (χ2n) is 4.78. The second kappa shape index (κ2) is 7.12. The van der Waals surface area contributed by atoms with Crippen molar-refractivity contribution in [2.24, 2.45) is 5.73 Å². The van der Waals surface area contributed by atoms with Crippen molar-refractivity contribution in [3.63, 3.8) is 0 Å². The van der Waals surface area contributed by atoms with Crippen LogP contribution in [0.25, 0.3) is 0 Å². The van der Waals surface area contributed by atoms with Gasteiger partial charge in [0, 0.05) is 30.9 Å². The van der Waals surface area contributed by atoms with Crippen molar-refractivity contribution in [2.75, 3.05) is 13.1 Å². The molecule has 4 heteroatoms. The maximum atomic E-state index is 13.7. The van der Waals surface area contributed by atoms with E-state index in [4.69, 9.17) is 5.73 Å². The summed E-state index contributed by atoms with van der Waals surface area (Å²) in [7, 11) is 0. The van der Waals surface area contributed by atoms with Crippen molar-refractivity contribution in [3.8, 4) is 0 Å². The quantitative estimate of drug-likeness (QED) is 0.880. The Kier molecular flexibility index (Phi) is 5.21. The molecule has 1 unspecified atom stereocenters. The lowest BCUT2D eigenvalue weighted by Gasteiger charge is -2.24. The molecular weight excluding hydrogens is 253 g/mol. The Labute approximate surface area is 119 Å². The van der Waals surface area contributed by atoms with Gasteiger partial charge < -0.3 is 5.73 Å². The average Bonchev–Trinajstić information content (AvgIpc) is 2.48. The Morgan fingerprint density at radius 2 is 1.95 bits per heavy atom. The molecule has 2 rings (SSSR count). The summed E-state index contributed by atoms with van der Waals surface area (Å²) in [5, 5.41) is 0. The molecule has 0 spiro atoms. The van der Waals surface area contributed by atoms with E-state index in [1.54, 1.807) is 18.3 Å². The molecule has 0 amide bonds. The predicted molar refractivity (Wildman–Crippen MR) is 78.5 cm³/mol. The van der Waals surface area contributed by atoms with E-state index in [0.29, 0.717) is 12.1 Å². The number of likely N-dealkylation sites (N-methyl/N-ethyl adjacent to an activating group) is 1. The van der Waals surface area contributed by atoms with Crippen LogP contribution in [-0.2, 0) is 6.54 Å². The minimum absolute atomic E-state index is 0.242. The molecule has 2 N–H and O–H groups in total. The highest BCUT2D eigenvalue weighted by Crippen LogP contribution is 2.16. The topological polar surface area (TPSA) is 42.2 Å². The molecule has 0 fully saturated rings. The van der Waals surface area contributed by atoms with Crippen molar-refractivity contribution < 1.29 is 4.39 Å². The Balaban J connectivity index is 2.01. The van der Waals surface area contributed by atoms with E-state index in [1.807, 2.05) is 24.3 Å². The lowest BCUT2D eigenvalue weighted by atomic mass is 10.1. The van der Waals surface area contributed by atoms with Gasteiger partial charge in [0.2, 0.25) is 0 Å². The number of pyridine rings is 1. The van der Waals surface area contributed by atoms with Crippen molar-refractivity contribution in [3.05, 3.63) is 65.7 Å². The summed E-state index contributed by atoms with van der Waals surface area (Å²) < 4.78 is 13.7. The van der Waals surface area contributed by atoms with Crippen LogP contribution in [0.1, 0.15) is 24.2 Å². The van der Waals surface area contributed by atoms with Crippen LogP contribution >= 0.6 is 0 Å². The monoisotopic (exact) mass is 273 g/mol. The van der Waals surface area contributed by atoms with Gasteiger partial charge >= 0.3 is 0 Å². The summed E-state index contributed by atoms with van der Waals surface area (Å²) in [5.74, 6) is -0.242. The first-order chi connectivity index (χ1) is 9.70. The lowest BCUT2D eigenvalue weighted by molar-refractivity contribution is 0.258. The number of rotatable bonds is 6. The average molecular weight is 273 g/mol. The minimum Gasteiger partial charge on any atom is -0.323 e. The van der Waals surface area contributed by atoms with Crippen LogP contribution in [0.15, 0.2) is 48.7 Å². The number of hydrogen-bond donors (Lipinski definition) is 1. The van der Waals surface area contributed by atoms with Crippen LogP contribution in [0, 0.1) is 5.82 Å². The summed E-state index contributed by atoms with van der Waals surface area (Å²) in [6.07, 6.45) is 1.78. The van der Waals surface area contributed by atoms with Gasteiger partial charge in [0.25, 0.3) is 0 Å². The van der Waals surface area contributed by atoms with E-state index < -0.39 is 0 Å². The fraction of sp³-hybridized carbons (Fsp3) is 0.312. The van der Waals surface area contributed by atoms with Gasteiger partial charge in [-0.15, -0.1) is 0 Å². The molecule has 0 bridgehead atoms. The van der Waals surface area contributed by atoms with E-state index >= 15 is 0 Å². The smallest absolute Gasteiger partial charge is 0.128 e. The van der Waals surface area contributed by atoms with Gasteiger partial charge in [0.1, 0.15) is 5.82 Å². The molecule has 0 saturated heterocycles. The van der Waals surface area contributed by atoms with Gasteiger partial charge in [0.05, 0.1) is 5.69 Å². The Hall–Kier alpha value is -1.78. The molecule has 2 aromatic rings. The first-order valence-electron chi connectivity index (χ1n) is 6.83. The molecule has 0 aliphatic rings. The van der Waals surface area contributed by atoms with Gasteiger partial charge in [0.15, 0.2) is 0 Å². The standard InChI is InChI=1S/C16H20FN3/c1-2-20(11-13-7-5-6-10-19-13)12-16(18)14-8-3-4-9-15(14)17/h3-10,16H,2,11-12,18H2,1H3. The van der Waals surface area contributed by atoms with Gasteiger partial charge in [-0.25, -0.2) is 4.39 Å². The normalized spacial score (nSPS) is 12.6. The van der Waals surface area contributed by atoms with Gasteiger partial charge in [-0.2, -0.15) is 0 Å². The van der Waals surface area contributed by atoms with Crippen molar-refractivity contribution in [1.29, 1.82) is 0 Å². The SMILES string of the molecule is CCN(Cc1ccccn1)CC(N)c1ccccc1F. The summed E-state index contributed by atoms with van der Waals surface area (Å²) in [5.41, 5.74) is 7.68. The van der Waals surface area contributed by atoms with Crippen molar-refractivity contribution in [1.82, 2.24) is 9.88 Å². The fourth-order valence-corrected chi connectivity index (χ4v) is 2.18. The molecular formula is C16H20FN3. The number of hydrogen-bond acceptors (Lipinski definition) is 3.